The van der Waals surface area contributed by atoms with Crippen molar-refractivity contribution in [3.05, 3.63) is 47.3 Å². The number of nitrogens with two attached hydrogens (primary N) is 1. The average molecular weight is 308 g/mol. The summed E-state index contributed by atoms with van der Waals surface area (Å²) in [4.78, 5) is 7.91. The summed E-state index contributed by atoms with van der Waals surface area (Å²) >= 11 is 0. The lowest BCUT2D eigenvalue weighted by Gasteiger charge is -2.15. The van der Waals surface area contributed by atoms with Crippen molar-refractivity contribution >= 4 is 5.82 Å². The molecule has 0 amide bonds. The Labute approximate surface area is 127 Å². The van der Waals surface area contributed by atoms with E-state index in [1.807, 2.05) is 6.92 Å². The molecule has 1 atom stereocenters. The van der Waals surface area contributed by atoms with Gasteiger partial charge in [0.25, 0.3) is 0 Å². The van der Waals surface area contributed by atoms with E-state index in [0.29, 0.717) is 30.4 Å². The molecule has 7 heteroatoms. The molecule has 0 spiro atoms. The molecule has 5 nitrogen and oxygen atoms in total. The third-order valence-electron chi connectivity index (χ3n) is 3.40. The molecule has 1 heterocycles. The van der Waals surface area contributed by atoms with Crippen LogP contribution in [0, 0.1) is 11.6 Å². The summed E-state index contributed by atoms with van der Waals surface area (Å²) in [5.41, 5.74) is 7.19. The topological polar surface area (TPSA) is 73.1 Å². The molecule has 3 N–H and O–H groups in total. The maximum absolute atomic E-state index is 13.2. The van der Waals surface area contributed by atoms with Crippen LogP contribution in [0.3, 0.4) is 0 Å². The second-order valence-corrected chi connectivity index (χ2v) is 4.95. The molecule has 0 unspecified atom stereocenters. The van der Waals surface area contributed by atoms with Gasteiger partial charge in [-0.15, -0.1) is 0 Å². The van der Waals surface area contributed by atoms with Crippen LogP contribution < -0.4 is 15.8 Å². The Kier molecular flexibility index (Phi) is 5.21. The molecule has 0 radical (unpaired) electrons. The van der Waals surface area contributed by atoms with E-state index >= 15 is 0 Å². The number of nitrogen functional groups attached to an aromatic ring is 1. The monoisotopic (exact) mass is 308 g/mol. The van der Waals surface area contributed by atoms with Crippen LogP contribution in [0.1, 0.15) is 24.0 Å². The predicted molar refractivity (Wildman–Crippen MR) is 79.5 cm³/mol. The largest absolute Gasteiger partial charge is 0.481 e. The minimum absolute atomic E-state index is 0.00644. The number of nitrogens with zero attached hydrogens (tertiary/aromatic N) is 2. The molecular weight excluding hydrogens is 290 g/mol. The first-order valence-corrected chi connectivity index (χ1v) is 6.82. The molecular formula is C15H18F2N4O. The minimum Gasteiger partial charge on any atom is -0.481 e. The number of aromatic nitrogens is 2. The zero-order valence-corrected chi connectivity index (χ0v) is 12.4. The van der Waals surface area contributed by atoms with E-state index in [4.69, 9.17) is 10.5 Å². The van der Waals surface area contributed by atoms with Crippen LogP contribution in [-0.2, 0) is 6.54 Å². The molecule has 0 fully saturated rings. The molecule has 2 aromatic rings. The number of nitrogens with one attached hydrogen (secondary N) is 1. The molecule has 1 aromatic carbocycles. The van der Waals surface area contributed by atoms with Gasteiger partial charge in [0.2, 0.25) is 5.88 Å². The molecule has 0 aliphatic rings. The van der Waals surface area contributed by atoms with Crippen molar-refractivity contribution in [2.45, 2.75) is 19.4 Å². The van der Waals surface area contributed by atoms with Gasteiger partial charge in [0.1, 0.15) is 12.1 Å². The standard InChI is InChI=1S/C15H18F2N4O/c1-9(10-3-4-12(16)13(17)5-10)6-19-7-11-14(18)20-8-21-15(11)22-2/h3-5,8-9,19H,6-7H2,1-2H3,(H2,18,20,21)/t9-/m1/s1. The number of hydrogen-bond donors (Lipinski definition) is 2. The summed E-state index contributed by atoms with van der Waals surface area (Å²) in [6.45, 7) is 2.90. The van der Waals surface area contributed by atoms with E-state index in [1.54, 1.807) is 6.07 Å². The maximum Gasteiger partial charge on any atom is 0.222 e. The van der Waals surface area contributed by atoms with Crippen LogP contribution in [0.5, 0.6) is 5.88 Å². The molecule has 2 rings (SSSR count). The molecule has 0 aliphatic carbocycles. The summed E-state index contributed by atoms with van der Waals surface area (Å²) in [5, 5.41) is 3.19. The molecule has 22 heavy (non-hydrogen) atoms. The maximum atomic E-state index is 13.2. The van der Waals surface area contributed by atoms with Crippen LogP contribution in [0.4, 0.5) is 14.6 Å². The highest BCUT2D eigenvalue weighted by atomic mass is 19.2. The van der Waals surface area contributed by atoms with Crippen molar-refractivity contribution < 1.29 is 13.5 Å². The van der Waals surface area contributed by atoms with Crippen molar-refractivity contribution in [3.8, 4) is 5.88 Å². The summed E-state index contributed by atoms with van der Waals surface area (Å²) in [6, 6.07) is 3.92. The van der Waals surface area contributed by atoms with Gasteiger partial charge in [0, 0.05) is 13.1 Å². The fourth-order valence-corrected chi connectivity index (χ4v) is 2.10. The van der Waals surface area contributed by atoms with Crippen molar-refractivity contribution in [1.29, 1.82) is 0 Å². The summed E-state index contributed by atoms with van der Waals surface area (Å²) < 4.78 is 31.3. The predicted octanol–water partition coefficient (Wildman–Crippen LogP) is 2.24. The van der Waals surface area contributed by atoms with Crippen LogP contribution in [0.25, 0.3) is 0 Å². The minimum atomic E-state index is -0.845. The van der Waals surface area contributed by atoms with Gasteiger partial charge >= 0.3 is 0 Å². The van der Waals surface area contributed by atoms with E-state index in [1.165, 1.54) is 19.5 Å². The SMILES string of the molecule is COc1ncnc(N)c1CNC[C@@H](C)c1ccc(F)c(F)c1. The van der Waals surface area contributed by atoms with Crippen molar-refractivity contribution in [3.63, 3.8) is 0 Å². The fraction of sp³-hybridized carbons (Fsp3) is 0.333. The van der Waals surface area contributed by atoms with E-state index in [-0.39, 0.29) is 5.92 Å². The molecule has 118 valence electrons. The van der Waals surface area contributed by atoms with Gasteiger partial charge in [-0.25, -0.2) is 18.7 Å². The number of ether oxygens (including phenoxy) is 1. The lowest BCUT2D eigenvalue weighted by Crippen LogP contribution is -2.21. The first-order chi connectivity index (χ1) is 10.5. The van der Waals surface area contributed by atoms with Gasteiger partial charge in [-0.1, -0.05) is 13.0 Å². The second-order valence-electron chi connectivity index (χ2n) is 4.95. The van der Waals surface area contributed by atoms with Gasteiger partial charge in [0.15, 0.2) is 11.6 Å². The van der Waals surface area contributed by atoms with Gasteiger partial charge in [-0.3, -0.25) is 0 Å². The number of benzene rings is 1. The number of anilines is 1. The molecule has 0 bridgehead atoms. The van der Waals surface area contributed by atoms with Gasteiger partial charge in [-0.2, -0.15) is 0 Å². The number of hydrogen-bond acceptors (Lipinski definition) is 5. The fourth-order valence-electron chi connectivity index (χ4n) is 2.10. The van der Waals surface area contributed by atoms with Gasteiger partial charge in [-0.05, 0) is 23.6 Å². The first-order valence-electron chi connectivity index (χ1n) is 6.82. The Hall–Kier alpha value is -2.28. The highest BCUT2D eigenvalue weighted by Gasteiger charge is 2.12. The van der Waals surface area contributed by atoms with E-state index in [2.05, 4.69) is 15.3 Å². The molecule has 0 aliphatic heterocycles. The van der Waals surface area contributed by atoms with Crippen LogP contribution in [0.15, 0.2) is 24.5 Å². The lowest BCUT2D eigenvalue weighted by atomic mass is 10.0. The number of methoxy groups -OCH3 is 1. The second kappa shape index (κ2) is 7.13. The smallest absolute Gasteiger partial charge is 0.222 e. The highest BCUT2D eigenvalue weighted by Crippen LogP contribution is 2.20. The Bertz CT molecular complexity index is 651. The summed E-state index contributed by atoms with van der Waals surface area (Å²) in [5.74, 6) is -0.915. The van der Waals surface area contributed by atoms with Crippen molar-refractivity contribution in [1.82, 2.24) is 15.3 Å². The lowest BCUT2D eigenvalue weighted by molar-refractivity contribution is 0.389. The summed E-state index contributed by atoms with van der Waals surface area (Å²) in [6.07, 6.45) is 1.33. The Balaban J connectivity index is 1.97. The quantitative estimate of drug-likeness (QED) is 0.856. The van der Waals surface area contributed by atoms with Crippen LogP contribution in [-0.4, -0.2) is 23.6 Å². The zero-order valence-electron chi connectivity index (χ0n) is 12.4. The van der Waals surface area contributed by atoms with Gasteiger partial charge in [0.05, 0.1) is 12.7 Å². The third-order valence-corrected chi connectivity index (χ3v) is 3.40. The van der Waals surface area contributed by atoms with Crippen molar-refractivity contribution in [2.24, 2.45) is 0 Å². The number of halogens is 2. The van der Waals surface area contributed by atoms with E-state index in [9.17, 15) is 8.78 Å². The molecule has 1 aromatic heterocycles. The Morgan fingerprint density at radius 3 is 2.73 bits per heavy atom. The highest BCUT2D eigenvalue weighted by molar-refractivity contribution is 5.44. The third kappa shape index (κ3) is 3.67. The van der Waals surface area contributed by atoms with Crippen molar-refractivity contribution in [2.75, 3.05) is 19.4 Å². The average Bonchev–Trinajstić information content (AvgIpc) is 2.51. The Morgan fingerprint density at radius 2 is 2.05 bits per heavy atom. The van der Waals surface area contributed by atoms with Crippen LogP contribution in [0.2, 0.25) is 0 Å². The molecule has 0 saturated heterocycles. The molecule has 0 saturated carbocycles. The van der Waals surface area contributed by atoms with Crippen LogP contribution >= 0.6 is 0 Å². The Morgan fingerprint density at radius 1 is 1.27 bits per heavy atom. The van der Waals surface area contributed by atoms with Gasteiger partial charge < -0.3 is 15.8 Å². The van der Waals surface area contributed by atoms with E-state index in [0.717, 1.165) is 11.6 Å². The normalized spacial score (nSPS) is 12.2. The first kappa shape index (κ1) is 16.1. The number of rotatable bonds is 6. The zero-order chi connectivity index (χ0) is 16.1. The summed E-state index contributed by atoms with van der Waals surface area (Å²) in [7, 11) is 1.51. The van der Waals surface area contributed by atoms with E-state index < -0.39 is 11.6 Å².